The van der Waals surface area contributed by atoms with Gasteiger partial charge in [0.15, 0.2) is 0 Å². The Bertz CT molecular complexity index is 681. The molecule has 28 heavy (non-hydrogen) atoms. The summed E-state index contributed by atoms with van der Waals surface area (Å²) in [6.45, 7) is 4.65. The van der Waals surface area contributed by atoms with Crippen molar-refractivity contribution in [3.63, 3.8) is 0 Å². The molecule has 0 aliphatic carbocycles. The van der Waals surface area contributed by atoms with Crippen LogP contribution in [0.25, 0.3) is 6.08 Å². The van der Waals surface area contributed by atoms with Crippen LogP contribution in [0.2, 0.25) is 0 Å². The zero-order valence-electron chi connectivity index (χ0n) is 16.8. The zero-order valence-corrected chi connectivity index (χ0v) is 16.8. The van der Waals surface area contributed by atoms with Crippen molar-refractivity contribution in [1.82, 2.24) is 4.90 Å². The van der Waals surface area contributed by atoms with Gasteiger partial charge in [0.2, 0.25) is 5.91 Å². The third-order valence-corrected chi connectivity index (χ3v) is 5.79. The number of allylic oxidation sites excluding steroid dienone is 1. The van der Waals surface area contributed by atoms with Crippen LogP contribution in [-0.2, 0) is 19.1 Å². The number of carbonyl (C=O) groups excluding carboxylic acids is 2. The van der Waals surface area contributed by atoms with Crippen molar-refractivity contribution in [3.8, 4) is 0 Å². The molecule has 1 aromatic rings. The first-order valence-electron chi connectivity index (χ1n) is 10.4. The summed E-state index contributed by atoms with van der Waals surface area (Å²) in [6.07, 6.45) is 7.80. The summed E-state index contributed by atoms with van der Waals surface area (Å²) in [4.78, 5) is 27.8. The standard InChI is InChI=1S/C23H31NO4/c1-2-28-22(26)23(13-6-10-19-8-4-3-5-9-19)14-7-15-24(18-23)21(25)20-11-16-27-17-12-20/h3-6,8-10,20H,2,7,11-18H2,1H3/b10-6+/t23-/m1/s1. The van der Waals surface area contributed by atoms with Gasteiger partial charge in [-0.15, -0.1) is 0 Å². The van der Waals surface area contributed by atoms with Gasteiger partial charge in [0, 0.05) is 32.2 Å². The Labute approximate surface area is 167 Å². The first-order valence-corrected chi connectivity index (χ1v) is 10.4. The largest absolute Gasteiger partial charge is 0.466 e. The Morgan fingerprint density at radius 3 is 2.71 bits per heavy atom. The first-order chi connectivity index (χ1) is 13.6. The van der Waals surface area contributed by atoms with Gasteiger partial charge in [-0.2, -0.15) is 0 Å². The van der Waals surface area contributed by atoms with Gasteiger partial charge in [0.05, 0.1) is 12.0 Å². The van der Waals surface area contributed by atoms with E-state index >= 15 is 0 Å². The highest BCUT2D eigenvalue weighted by molar-refractivity contribution is 5.82. The maximum Gasteiger partial charge on any atom is 0.314 e. The van der Waals surface area contributed by atoms with Gasteiger partial charge in [-0.05, 0) is 44.6 Å². The van der Waals surface area contributed by atoms with Crippen LogP contribution in [0.3, 0.4) is 0 Å². The Morgan fingerprint density at radius 2 is 2.00 bits per heavy atom. The second-order valence-corrected chi connectivity index (χ2v) is 7.77. The van der Waals surface area contributed by atoms with Crippen LogP contribution < -0.4 is 0 Å². The molecule has 0 bridgehead atoms. The number of benzene rings is 1. The molecule has 3 rings (SSSR count). The molecule has 2 aliphatic heterocycles. The molecule has 1 aromatic carbocycles. The molecular weight excluding hydrogens is 354 g/mol. The zero-order chi connectivity index (χ0) is 19.8. The summed E-state index contributed by atoms with van der Waals surface area (Å²) in [7, 11) is 0. The summed E-state index contributed by atoms with van der Waals surface area (Å²) in [6, 6.07) is 10.1. The number of ether oxygens (including phenoxy) is 2. The van der Waals surface area contributed by atoms with Gasteiger partial charge in [-0.1, -0.05) is 42.5 Å². The van der Waals surface area contributed by atoms with Crippen LogP contribution in [0.15, 0.2) is 36.4 Å². The second-order valence-electron chi connectivity index (χ2n) is 7.77. The van der Waals surface area contributed by atoms with E-state index in [1.807, 2.05) is 48.2 Å². The fourth-order valence-corrected chi connectivity index (χ4v) is 4.21. The Balaban J connectivity index is 1.73. The van der Waals surface area contributed by atoms with Crippen molar-refractivity contribution in [2.24, 2.45) is 11.3 Å². The molecule has 1 amide bonds. The van der Waals surface area contributed by atoms with Crippen LogP contribution in [-0.4, -0.2) is 49.7 Å². The minimum atomic E-state index is -0.652. The summed E-state index contributed by atoms with van der Waals surface area (Å²) < 4.78 is 10.8. The number of carbonyl (C=O) groups is 2. The minimum Gasteiger partial charge on any atom is -0.466 e. The van der Waals surface area contributed by atoms with Crippen molar-refractivity contribution in [2.45, 2.75) is 39.0 Å². The van der Waals surface area contributed by atoms with E-state index in [1.165, 1.54) is 0 Å². The van der Waals surface area contributed by atoms with Crippen molar-refractivity contribution >= 4 is 18.0 Å². The van der Waals surface area contributed by atoms with E-state index in [0.717, 1.165) is 37.8 Å². The van der Waals surface area contributed by atoms with E-state index in [9.17, 15) is 9.59 Å². The molecule has 5 nitrogen and oxygen atoms in total. The van der Waals surface area contributed by atoms with E-state index in [4.69, 9.17) is 9.47 Å². The van der Waals surface area contributed by atoms with Gasteiger partial charge < -0.3 is 14.4 Å². The van der Waals surface area contributed by atoms with Crippen molar-refractivity contribution in [3.05, 3.63) is 42.0 Å². The number of hydrogen-bond acceptors (Lipinski definition) is 4. The molecule has 0 aromatic heterocycles. The van der Waals surface area contributed by atoms with Crippen molar-refractivity contribution in [2.75, 3.05) is 32.9 Å². The van der Waals surface area contributed by atoms with Gasteiger partial charge in [0.25, 0.3) is 0 Å². The Hall–Kier alpha value is -2.14. The smallest absolute Gasteiger partial charge is 0.314 e. The molecule has 0 spiro atoms. The molecule has 1 atom stereocenters. The molecular formula is C23H31NO4. The number of esters is 1. The Kier molecular flexibility index (Phi) is 7.26. The normalized spacial score (nSPS) is 23.7. The maximum absolute atomic E-state index is 13.0. The number of hydrogen-bond donors (Lipinski definition) is 0. The number of amides is 1. The lowest BCUT2D eigenvalue weighted by Gasteiger charge is -2.42. The monoisotopic (exact) mass is 385 g/mol. The lowest BCUT2D eigenvalue weighted by atomic mass is 9.76. The van der Waals surface area contributed by atoms with Crippen LogP contribution in [0.1, 0.15) is 44.6 Å². The molecule has 152 valence electrons. The highest BCUT2D eigenvalue weighted by Crippen LogP contribution is 2.37. The van der Waals surface area contributed by atoms with Crippen LogP contribution in [0.5, 0.6) is 0 Å². The first kappa shape index (κ1) is 20.6. The summed E-state index contributed by atoms with van der Waals surface area (Å²) in [5.41, 5.74) is 0.452. The highest BCUT2D eigenvalue weighted by Gasteiger charge is 2.44. The van der Waals surface area contributed by atoms with Crippen LogP contribution in [0, 0.1) is 11.3 Å². The molecule has 0 unspecified atom stereocenters. The summed E-state index contributed by atoms with van der Waals surface area (Å²) in [5.74, 6) is 0.00695. The topological polar surface area (TPSA) is 55.8 Å². The van der Waals surface area contributed by atoms with E-state index in [0.29, 0.717) is 32.8 Å². The molecule has 0 saturated carbocycles. The third-order valence-electron chi connectivity index (χ3n) is 5.79. The van der Waals surface area contributed by atoms with E-state index in [1.54, 1.807) is 0 Å². The number of nitrogens with zero attached hydrogens (tertiary/aromatic N) is 1. The number of piperidine rings is 1. The lowest BCUT2D eigenvalue weighted by molar-refractivity contribution is -0.161. The predicted molar refractivity (Wildman–Crippen MR) is 109 cm³/mol. The molecule has 2 heterocycles. The SMILES string of the molecule is CCOC(=O)[C@]1(C/C=C/c2ccccc2)CCCN(C(=O)C2CCOCC2)C1. The summed E-state index contributed by atoms with van der Waals surface area (Å²) >= 11 is 0. The molecule has 2 aliphatic rings. The molecule has 0 N–H and O–H groups in total. The Morgan fingerprint density at radius 1 is 1.25 bits per heavy atom. The number of rotatable bonds is 6. The van der Waals surface area contributed by atoms with Crippen LogP contribution in [0.4, 0.5) is 0 Å². The lowest BCUT2D eigenvalue weighted by Crippen LogP contribution is -2.52. The average Bonchev–Trinajstić information content (AvgIpc) is 2.75. The molecule has 2 saturated heterocycles. The van der Waals surface area contributed by atoms with Gasteiger partial charge in [-0.25, -0.2) is 0 Å². The van der Waals surface area contributed by atoms with E-state index in [-0.39, 0.29) is 17.8 Å². The van der Waals surface area contributed by atoms with Crippen molar-refractivity contribution in [1.29, 1.82) is 0 Å². The molecule has 0 radical (unpaired) electrons. The predicted octanol–water partition coefficient (Wildman–Crippen LogP) is 3.69. The van der Waals surface area contributed by atoms with E-state index < -0.39 is 5.41 Å². The maximum atomic E-state index is 13.0. The van der Waals surface area contributed by atoms with Gasteiger partial charge in [-0.3, -0.25) is 9.59 Å². The van der Waals surface area contributed by atoms with Gasteiger partial charge in [0.1, 0.15) is 0 Å². The average molecular weight is 386 g/mol. The number of likely N-dealkylation sites (tertiary alicyclic amines) is 1. The van der Waals surface area contributed by atoms with Gasteiger partial charge >= 0.3 is 5.97 Å². The quantitative estimate of drug-likeness (QED) is 0.701. The second kappa shape index (κ2) is 9.87. The highest BCUT2D eigenvalue weighted by atomic mass is 16.5. The van der Waals surface area contributed by atoms with Crippen LogP contribution >= 0.6 is 0 Å². The fraction of sp³-hybridized carbons (Fsp3) is 0.565. The molecule has 2 fully saturated rings. The molecule has 5 heteroatoms. The fourth-order valence-electron chi connectivity index (χ4n) is 4.21. The summed E-state index contributed by atoms with van der Waals surface area (Å²) in [5, 5.41) is 0. The van der Waals surface area contributed by atoms with Crippen molar-refractivity contribution < 1.29 is 19.1 Å². The minimum absolute atomic E-state index is 0.0200. The van der Waals surface area contributed by atoms with E-state index in [2.05, 4.69) is 6.08 Å². The third kappa shape index (κ3) is 5.02.